The van der Waals surface area contributed by atoms with E-state index in [-0.39, 0.29) is 5.91 Å². The molecule has 0 saturated heterocycles. The van der Waals surface area contributed by atoms with Crippen LogP contribution in [0.15, 0.2) is 46.9 Å². The lowest BCUT2D eigenvalue weighted by molar-refractivity contribution is -0.131. The van der Waals surface area contributed by atoms with Crippen LogP contribution < -0.4 is 5.73 Å². The normalized spacial score (nSPS) is 12.0. The Bertz CT molecular complexity index is 691. The van der Waals surface area contributed by atoms with Gasteiger partial charge in [-0.3, -0.25) is 4.79 Å². The lowest BCUT2D eigenvalue weighted by Gasteiger charge is -2.21. The van der Waals surface area contributed by atoms with Gasteiger partial charge in [0.15, 0.2) is 0 Å². The summed E-state index contributed by atoms with van der Waals surface area (Å²) < 4.78 is 1.01. The SMILES string of the molecule is CN(Cc1ccc(Br)cc1)C(=O)[C@@H](N)Cc1ccc(Cl)c(Cl)c1. The minimum atomic E-state index is -0.618. The average molecular weight is 416 g/mol. The molecular weight excluding hydrogens is 399 g/mol. The fraction of sp³-hybridized carbons (Fsp3) is 0.235. The van der Waals surface area contributed by atoms with Crippen LogP contribution in [-0.4, -0.2) is 23.9 Å². The number of hydrogen-bond donors (Lipinski definition) is 1. The second-order valence-electron chi connectivity index (χ2n) is 5.38. The van der Waals surface area contributed by atoms with Crippen molar-refractivity contribution < 1.29 is 4.79 Å². The molecule has 0 aromatic heterocycles. The fourth-order valence-electron chi connectivity index (χ4n) is 2.23. The lowest BCUT2D eigenvalue weighted by Crippen LogP contribution is -2.42. The van der Waals surface area contributed by atoms with E-state index in [1.54, 1.807) is 24.1 Å². The Morgan fingerprint density at radius 1 is 1.13 bits per heavy atom. The number of carbonyl (C=O) groups is 1. The molecule has 0 radical (unpaired) electrons. The molecule has 0 fully saturated rings. The van der Waals surface area contributed by atoms with Crippen LogP contribution in [-0.2, 0) is 17.8 Å². The van der Waals surface area contributed by atoms with Gasteiger partial charge in [0.1, 0.15) is 0 Å². The topological polar surface area (TPSA) is 46.3 Å². The molecule has 2 aromatic carbocycles. The molecule has 2 rings (SSSR count). The number of likely N-dealkylation sites (N-methyl/N-ethyl adjacent to an activating group) is 1. The molecule has 3 nitrogen and oxygen atoms in total. The van der Waals surface area contributed by atoms with Crippen LogP contribution in [0.3, 0.4) is 0 Å². The number of nitrogens with zero attached hydrogens (tertiary/aromatic N) is 1. The Labute approximate surface area is 154 Å². The van der Waals surface area contributed by atoms with Crippen LogP contribution in [0.25, 0.3) is 0 Å². The summed E-state index contributed by atoms with van der Waals surface area (Å²) >= 11 is 15.3. The van der Waals surface area contributed by atoms with Gasteiger partial charge >= 0.3 is 0 Å². The molecule has 0 aliphatic rings. The van der Waals surface area contributed by atoms with Gasteiger partial charge in [-0.05, 0) is 41.8 Å². The van der Waals surface area contributed by atoms with E-state index in [1.807, 2.05) is 30.3 Å². The van der Waals surface area contributed by atoms with E-state index in [9.17, 15) is 4.79 Å². The highest BCUT2D eigenvalue weighted by molar-refractivity contribution is 9.10. The summed E-state index contributed by atoms with van der Waals surface area (Å²) in [5.41, 5.74) is 7.97. The van der Waals surface area contributed by atoms with Crippen molar-refractivity contribution in [3.63, 3.8) is 0 Å². The minimum absolute atomic E-state index is 0.112. The van der Waals surface area contributed by atoms with Crippen molar-refractivity contribution in [1.82, 2.24) is 4.90 Å². The highest BCUT2D eigenvalue weighted by atomic mass is 79.9. The number of nitrogens with two attached hydrogens (primary N) is 1. The van der Waals surface area contributed by atoms with E-state index >= 15 is 0 Å². The third-order valence-corrected chi connectivity index (χ3v) is 4.73. The van der Waals surface area contributed by atoms with Crippen LogP contribution in [0.1, 0.15) is 11.1 Å². The first-order valence-electron chi connectivity index (χ1n) is 7.05. The fourth-order valence-corrected chi connectivity index (χ4v) is 2.82. The van der Waals surface area contributed by atoms with E-state index in [4.69, 9.17) is 28.9 Å². The largest absolute Gasteiger partial charge is 0.340 e. The van der Waals surface area contributed by atoms with E-state index < -0.39 is 6.04 Å². The monoisotopic (exact) mass is 414 g/mol. The molecular formula is C17H17BrCl2N2O. The van der Waals surface area contributed by atoms with E-state index in [0.29, 0.717) is 23.0 Å². The summed E-state index contributed by atoms with van der Waals surface area (Å²) in [6.07, 6.45) is 0.417. The van der Waals surface area contributed by atoms with Crippen LogP contribution in [0.5, 0.6) is 0 Å². The number of amides is 1. The summed E-state index contributed by atoms with van der Waals surface area (Å²) in [5, 5.41) is 0.953. The zero-order valence-corrected chi connectivity index (χ0v) is 15.7. The number of benzene rings is 2. The molecule has 0 bridgehead atoms. The summed E-state index contributed by atoms with van der Waals surface area (Å²) in [4.78, 5) is 14.0. The van der Waals surface area contributed by atoms with Gasteiger partial charge in [0.05, 0.1) is 16.1 Å². The second-order valence-corrected chi connectivity index (χ2v) is 7.11. The van der Waals surface area contributed by atoms with Crippen molar-refractivity contribution in [2.45, 2.75) is 19.0 Å². The third-order valence-electron chi connectivity index (χ3n) is 3.47. The maximum atomic E-state index is 12.4. The van der Waals surface area contributed by atoms with Gasteiger partial charge in [-0.25, -0.2) is 0 Å². The molecule has 0 saturated carbocycles. The van der Waals surface area contributed by atoms with Crippen LogP contribution in [0.2, 0.25) is 10.0 Å². The molecule has 1 amide bonds. The Kier molecular flexibility index (Phi) is 6.48. The Balaban J connectivity index is 1.97. The van der Waals surface area contributed by atoms with Crippen LogP contribution >= 0.6 is 39.1 Å². The molecule has 2 N–H and O–H groups in total. The molecule has 0 spiro atoms. The first-order chi connectivity index (χ1) is 10.9. The molecule has 122 valence electrons. The molecule has 1 atom stereocenters. The molecule has 0 heterocycles. The van der Waals surface area contributed by atoms with Gasteiger partial charge in [-0.1, -0.05) is 57.3 Å². The van der Waals surface area contributed by atoms with Crippen LogP contribution in [0.4, 0.5) is 0 Å². The van der Waals surface area contributed by atoms with Gasteiger partial charge in [0.25, 0.3) is 0 Å². The summed E-state index contributed by atoms with van der Waals surface area (Å²) in [6, 6.07) is 12.5. The van der Waals surface area contributed by atoms with Crippen molar-refractivity contribution in [1.29, 1.82) is 0 Å². The predicted molar refractivity (Wildman–Crippen MR) is 98.8 cm³/mol. The third kappa shape index (κ3) is 5.21. The molecule has 23 heavy (non-hydrogen) atoms. The molecule has 6 heteroatoms. The average Bonchev–Trinajstić information content (AvgIpc) is 2.52. The van der Waals surface area contributed by atoms with Crippen molar-refractivity contribution in [3.8, 4) is 0 Å². The zero-order chi connectivity index (χ0) is 17.0. The summed E-state index contributed by atoms with van der Waals surface area (Å²) in [5.74, 6) is -0.112. The van der Waals surface area contributed by atoms with E-state index in [2.05, 4.69) is 15.9 Å². The lowest BCUT2D eigenvalue weighted by atomic mass is 10.1. The highest BCUT2D eigenvalue weighted by Crippen LogP contribution is 2.23. The smallest absolute Gasteiger partial charge is 0.239 e. The number of carbonyl (C=O) groups excluding carboxylic acids is 1. The summed E-state index contributed by atoms with van der Waals surface area (Å²) in [6.45, 7) is 0.515. The number of halogens is 3. The predicted octanol–water partition coefficient (Wildman–Crippen LogP) is 4.28. The van der Waals surface area contributed by atoms with Crippen molar-refractivity contribution >= 4 is 45.0 Å². The Morgan fingerprint density at radius 2 is 1.74 bits per heavy atom. The first-order valence-corrected chi connectivity index (χ1v) is 8.60. The number of hydrogen-bond acceptors (Lipinski definition) is 2. The maximum absolute atomic E-state index is 12.4. The standard InChI is InChI=1S/C17H17BrCl2N2O/c1-22(10-11-2-5-13(18)6-3-11)17(23)16(21)9-12-4-7-14(19)15(20)8-12/h2-8,16H,9-10,21H2,1H3/t16-/m0/s1. The van der Waals surface area contributed by atoms with Gasteiger partial charge in [-0.15, -0.1) is 0 Å². The summed E-state index contributed by atoms with van der Waals surface area (Å²) in [7, 11) is 1.75. The maximum Gasteiger partial charge on any atom is 0.239 e. The molecule has 2 aromatic rings. The quantitative estimate of drug-likeness (QED) is 0.791. The second kappa shape index (κ2) is 8.15. The molecule has 0 aliphatic heterocycles. The van der Waals surface area contributed by atoms with Gasteiger partial charge < -0.3 is 10.6 Å². The highest BCUT2D eigenvalue weighted by Gasteiger charge is 2.19. The van der Waals surface area contributed by atoms with Gasteiger partial charge in [-0.2, -0.15) is 0 Å². The molecule has 0 unspecified atom stereocenters. The zero-order valence-electron chi connectivity index (χ0n) is 12.6. The van der Waals surface area contributed by atoms with E-state index in [0.717, 1.165) is 15.6 Å². The Morgan fingerprint density at radius 3 is 2.35 bits per heavy atom. The Hall–Kier alpha value is -1.07. The van der Waals surface area contributed by atoms with Gasteiger partial charge in [0, 0.05) is 18.1 Å². The van der Waals surface area contributed by atoms with Crippen LogP contribution in [0, 0.1) is 0 Å². The minimum Gasteiger partial charge on any atom is -0.340 e. The molecule has 0 aliphatic carbocycles. The number of rotatable bonds is 5. The first kappa shape index (κ1) is 18.3. The van der Waals surface area contributed by atoms with E-state index in [1.165, 1.54) is 0 Å². The van der Waals surface area contributed by atoms with Gasteiger partial charge in [0.2, 0.25) is 5.91 Å². The van der Waals surface area contributed by atoms with Crippen molar-refractivity contribution in [2.75, 3.05) is 7.05 Å². The van der Waals surface area contributed by atoms with Crippen molar-refractivity contribution in [3.05, 3.63) is 68.1 Å². The van der Waals surface area contributed by atoms with Crippen molar-refractivity contribution in [2.24, 2.45) is 5.73 Å².